The summed E-state index contributed by atoms with van der Waals surface area (Å²) in [5.74, 6) is -1.98. The predicted octanol–water partition coefficient (Wildman–Crippen LogP) is 0.556. The molecule has 0 aliphatic rings. The third-order valence-electron chi connectivity index (χ3n) is 2.06. The Bertz CT molecular complexity index is 403. The quantitative estimate of drug-likeness (QED) is 0.323. The van der Waals surface area contributed by atoms with E-state index in [1.165, 1.54) is 25.4 Å². The van der Waals surface area contributed by atoms with Crippen LogP contribution in [0, 0.1) is 5.21 Å². The third-order valence-corrected chi connectivity index (χ3v) is 2.06. The van der Waals surface area contributed by atoms with E-state index in [1.807, 2.05) is 0 Å². The molecule has 1 aromatic rings. The van der Waals surface area contributed by atoms with Crippen LogP contribution in [0.1, 0.15) is 25.3 Å². The molecule has 16 heavy (non-hydrogen) atoms. The number of Topliss-reactive ketones (excluding diaryl/α,β-unsaturated/α-hetero) is 1. The summed E-state index contributed by atoms with van der Waals surface area (Å²) in [4.78, 5) is 22.9. The van der Waals surface area contributed by atoms with Crippen LogP contribution in [0.25, 0.3) is 0 Å². The minimum absolute atomic E-state index is 0.201. The van der Waals surface area contributed by atoms with Gasteiger partial charge in [-0.15, -0.1) is 0 Å². The van der Waals surface area contributed by atoms with Crippen LogP contribution in [0.15, 0.2) is 24.5 Å². The van der Waals surface area contributed by atoms with Gasteiger partial charge in [0.05, 0.1) is 6.61 Å². The van der Waals surface area contributed by atoms with E-state index in [-0.39, 0.29) is 12.4 Å². The fourth-order valence-electron chi connectivity index (χ4n) is 1.41. The Balaban J connectivity index is 3.03. The molecule has 0 saturated carbocycles. The Kier molecular flexibility index (Phi) is 3.99. The van der Waals surface area contributed by atoms with Crippen LogP contribution in [-0.4, -0.2) is 18.4 Å². The monoisotopic (exact) mass is 223 g/mol. The number of rotatable bonds is 4. The second kappa shape index (κ2) is 5.25. The van der Waals surface area contributed by atoms with Crippen LogP contribution in [-0.2, 0) is 14.3 Å². The summed E-state index contributed by atoms with van der Waals surface area (Å²) in [6.07, 6.45) is 2.48. The lowest BCUT2D eigenvalue weighted by molar-refractivity contribution is -0.605. The zero-order valence-corrected chi connectivity index (χ0v) is 9.17. The van der Waals surface area contributed by atoms with Gasteiger partial charge in [-0.05, 0) is 19.9 Å². The van der Waals surface area contributed by atoms with Crippen molar-refractivity contribution in [2.75, 3.05) is 6.61 Å². The number of hydrogen-bond donors (Lipinski definition) is 0. The molecule has 1 heterocycles. The molecule has 5 nitrogen and oxygen atoms in total. The van der Waals surface area contributed by atoms with E-state index < -0.39 is 11.9 Å². The van der Waals surface area contributed by atoms with Crippen LogP contribution in [0.3, 0.4) is 0 Å². The molecule has 1 aromatic heterocycles. The molecule has 0 fully saturated rings. The van der Waals surface area contributed by atoms with Crippen molar-refractivity contribution in [1.82, 2.24) is 0 Å². The summed E-state index contributed by atoms with van der Waals surface area (Å²) in [6.45, 7) is 3.16. The maximum absolute atomic E-state index is 11.5. The number of nitrogens with zero attached hydrogens (tertiary/aromatic N) is 1. The van der Waals surface area contributed by atoms with Crippen LogP contribution in [0.4, 0.5) is 0 Å². The van der Waals surface area contributed by atoms with Crippen molar-refractivity contribution >= 4 is 11.8 Å². The highest BCUT2D eigenvalue weighted by Gasteiger charge is 2.28. The third kappa shape index (κ3) is 2.79. The second-order valence-corrected chi connectivity index (χ2v) is 3.29. The summed E-state index contributed by atoms with van der Waals surface area (Å²) in [5, 5.41) is 11.1. The zero-order valence-electron chi connectivity index (χ0n) is 9.17. The lowest BCUT2D eigenvalue weighted by Crippen LogP contribution is -2.29. The smallest absolute Gasteiger partial charge is 0.321 e. The number of aromatic nitrogens is 1. The molecule has 1 unspecified atom stereocenters. The highest BCUT2D eigenvalue weighted by molar-refractivity contribution is 6.03. The van der Waals surface area contributed by atoms with E-state index in [0.717, 1.165) is 0 Å². The molecule has 0 amide bonds. The second-order valence-electron chi connectivity index (χ2n) is 3.29. The van der Waals surface area contributed by atoms with Crippen molar-refractivity contribution in [2.24, 2.45) is 0 Å². The Morgan fingerprint density at radius 1 is 1.56 bits per heavy atom. The Labute approximate surface area is 93.2 Å². The highest BCUT2D eigenvalue weighted by Crippen LogP contribution is 2.16. The largest absolute Gasteiger partial charge is 0.619 e. The average Bonchev–Trinajstić information content (AvgIpc) is 2.17. The number of pyridine rings is 1. The van der Waals surface area contributed by atoms with E-state index in [2.05, 4.69) is 0 Å². The molecule has 0 radical (unpaired) electrons. The molecule has 0 spiro atoms. The summed E-state index contributed by atoms with van der Waals surface area (Å²) < 4.78 is 5.33. The maximum Gasteiger partial charge on any atom is 0.321 e. The number of carbonyl (C=O) groups excluding carboxylic acids is 2. The Morgan fingerprint density at radius 2 is 2.25 bits per heavy atom. The van der Waals surface area contributed by atoms with E-state index >= 15 is 0 Å². The van der Waals surface area contributed by atoms with Gasteiger partial charge in [0.2, 0.25) is 0 Å². The van der Waals surface area contributed by atoms with Crippen molar-refractivity contribution in [3.05, 3.63) is 35.3 Å². The first-order valence-electron chi connectivity index (χ1n) is 4.92. The molecule has 0 aliphatic heterocycles. The lowest BCUT2D eigenvalue weighted by Gasteiger charge is -2.11. The number of esters is 1. The van der Waals surface area contributed by atoms with Gasteiger partial charge in [0, 0.05) is 11.6 Å². The summed E-state index contributed by atoms with van der Waals surface area (Å²) in [6, 6.07) is 3.04. The van der Waals surface area contributed by atoms with E-state index in [4.69, 9.17) is 4.74 Å². The van der Waals surface area contributed by atoms with Crippen LogP contribution in [0.2, 0.25) is 0 Å². The molecule has 1 atom stereocenters. The minimum Gasteiger partial charge on any atom is -0.619 e. The maximum atomic E-state index is 11.5. The van der Waals surface area contributed by atoms with Crippen LogP contribution < -0.4 is 4.73 Å². The summed E-state index contributed by atoms with van der Waals surface area (Å²) in [7, 11) is 0. The van der Waals surface area contributed by atoms with Gasteiger partial charge >= 0.3 is 5.97 Å². The predicted molar refractivity (Wildman–Crippen MR) is 55.5 cm³/mol. The topological polar surface area (TPSA) is 70.3 Å². The highest BCUT2D eigenvalue weighted by atomic mass is 16.5. The molecule has 0 saturated heterocycles. The summed E-state index contributed by atoms with van der Waals surface area (Å²) >= 11 is 0. The van der Waals surface area contributed by atoms with Gasteiger partial charge in [0.25, 0.3) is 0 Å². The fourth-order valence-corrected chi connectivity index (χ4v) is 1.41. The SMILES string of the molecule is CCOC(=O)C(C(C)=O)c1ccc[n+]([O-])c1. The van der Waals surface area contributed by atoms with Crippen molar-refractivity contribution < 1.29 is 19.1 Å². The van der Waals surface area contributed by atoms with Crippen LogP contribution in [0.5, 0.6) is 0 Å². The van der Waals surface area contributed by atoms with Gasteiger partial charge in [-0.2, -0.15) is 4.73 Å². The molecule has 86 valence electrons. The molecule has 0 aliphatic carbocycles. The standard InChI is InChI=1S/C11H13NO4/c1-3-16-11(14)10(8(2)13)9-5-4-6-12(15)7-9/h4-7,10H,3H2,1-2H3. The minimum atomic E-state index is -1.01. The van der Waals surface area contributed by atoms with Crippen molar-refractivity contribution in [1.29, 1.82) is 0 Å². The lowest BCUT2D eigenvalue weighted by atomic mass is 9.97. The van der Waals surface area contributed by atoms with Gasteiger partial charge in [-0.1, -0.05) is 0 Å². The molecule has 0 bridgehead atoms. The molecule has 0 N–H and O–H groups in total. The first kappa shape index (κ1) is 12.2. The van der Waals surface area contributed by atoms with Gasteiger partial charge in [0.1, 0.15) is 11.7 Å². The van der Waals surface area contributed by atoms with E-state index in [1.54, 1.807) is 13.0 Å². The molecule has 1 rings (SSSR count). The Morgan fingerprint density at radius 3 is 2.75 bits per heavy atom. The molecule has 0 aromatic carbocycles. The molecular weight excluding hydrogens is 210 g/mol. The van der Waals surface area contributed by atoms with Crippen molar-refractivity contribution in [3.63, 3.8) is 0 Å². The van der Waals surface area contributed by atoms with Crippen LogP contribution >= 0.6 is 0 Å². The van der Waals surface area contributed by atoms with Crippen molar-refractivity contribution in [2.45, 2.75) is 19.8 Å². The van der Waals surface area contributed by atoms with Gasteiger partial charge < -0.3 is 9.94 Å². The Hall–Kier alpha value is -1.91. The first-order chi connectivity index (χ1) is 7.56. The number of hydrogen-bond acceptors (Lipinski definition) is 4. The van der Waals surface area contributed by atoms with Gasteiger partial charge in [0.15, 0.2) is 12.4 Å². The van der Waals surface area contributed by atoms with E-state index in [9.17, 15) is 14.8 Å². The zero-order chi connectivity index (χ0) is 12.1. The normalized spacial score (nSPS) is 11.9. The summed E-state index contributed by atoms with van der Waals surface area (Å²) in [5.41, 5.74) is 0.350. The fraction of sp³-hybridized carbons (Fsp3) is 0.364. The average molecular weight is 223 g/mol. The van der Waals surface area contributed by atoms with Gasteiger partial charge in [-0.3, -0.25) is 9.59 Å². The number of ether oxygens (including phenoxy) is 1. The number of carbonyl (C=O) groups is 2. The van der Waals surface area contributed by atoms with Crippen molar-refractivity contribution in [3.8, 4) is 0 Å². The molecule has 5 heteroatoms. The number of ketones is 1. The van der Waals surface area contributed by atoms with E-state index in [0.29, 0.717) is 10.3 Å². The first-order valence-corrected chi connectivity index (χ1v) is 4.92. The molecular formula is C11H13NO4. The van der Waals surface area contributed by atoms with Gasteiger partial charge in [-0.25, -0.2) is 0 Å².